The van der Waals surface area contributed by atoms with Crippen LogP contribution in [-0.4, -0.2) is 41.9 Å². The van der Waals surface area contributed by atoms with Gasteiger partial charge in [0.2, 0.25) is 17.7 Å². The maximum Gasteiger partial charge on any atom is 0.308 e. The molecule has 0 saturated heterocycles. The zero-order chi connectivity index (χ0) is 18.1. The summed E-state index contributed by atoms with van der Waals surface area (Å²) in [5, 5.41) is 16.5. The third-order valence-corrected chi connectivity index (χ3v) is 3.31. The molecule has 0 aliphatic carbocycles. The summed E-state index contributed by atoms with van der Waals surface area (Å²) in [6.07, 6.45) is 0. The lowest BCUT2D eigenvalue weighted by Crippen LogP contribution is -2.44. The zero-order valence-corrected chi connectivity index (χ0v) is 13.5. The van der Waals surface area contributed by atoms with Gasteiger partial charge in [-0.05, 0) is 12.5 Å². The maximum absolute atomic E-state index is 12.0. The molecule has 1 aromatic carbocycles. The molecule has 0 aliphatic heterocycles. The summed E-state index contributed by atoms with van der Waals surface area (Å²) in [5.41, 5.74) is 0.658. The molecule has 1 aromatic rings. The summed E-state index contributed by atoms with van der Waals surface area (Å²) >= 11 is 0. The SMILES string of the molecule is CC(=O)NCC(=O)NCC(=O)NC(c1ccccc1)C(C)C(=O)O. The van der Waals surface area contributed by atoms with Crippen LogP contribution in [0.2, 0.25) is 0 Å². The van der Waals surface area contributed by atoms with Crippen LogP contribution in [0.15, 0.2) is 30.3 Å². The molecule has 3 amide bonds. The molecule has 130 valence electrons. The molecule has 0 aromatic heterocycles. The third-order valence-electron chi connectivity index (χ3n) is 3.31. The lowest BCUT2D eigenvalue weighted by atomic mass is 9.94. The Morgan fingerprint density at radius 2 is 1.58 bits per heavy atom. The van der Waals surface area contributed by atoms with Crippen LogP contribution >= 0.6 is 0 Å². The van der Waals surface area contributed by atoms with Crippen LogP contribution < -0.4 is 16.0 Å². The molecule has 4 N–H and O–H groups in total. The van der Waals surface area contributed by atoms with Crippen molar-refractivity contribution in [3.05, 3.63) is 35.9 Å². The maximum atomic E-state index is 12.0. The van der Waals surface area contributed by atoms with Gasteiger partial charge in [-0.1, -0.05) is 30.3 Å². The minimum atomic E-state index is -1.04. The van der Waals surface area contributed by atoms with Crippen molar-refractivity contribution in [2.24, 2.45) is 5.92 Å². The Morgan fingerprint density at radius 3 is 2.12 bits per heavy atom. The smallest absolute Gasteiger partial charge is 0.308 e. The van der Waals surface area contributed by atoms with Gasteiger partial charge in [-0.25, -0.2) is 0 Å². The monoisotopic (exact) mass is 335 g/mol. The number of hydrogen-bond acceptors (Lipinski definition) is 4. The van der Waals surface area contributed by atoms with E-state index < -0.39 is 29.7 Å². The Balaban J connectivity index is 2.63. The molecular weight excluding hydrogens is 314 g/mol. The molecule has 8 heteroatoms. The fourth-order valence-electron chi connectivity index (χ4n) is 1.97. The predicted octanol–water partition coefficient (Wildman–Crippen LogP) is -0.183. The van der Waals surface area contributed by atoms with Crippen molar-refractivity contribution in [1.29, 1.82) is 0 Å². The molecule has 2 unspecified atom stereocenters. The summed E-state index contributed by atoms with van der Waals surface area (Å²) in [5.74, 6) is -3.27. The summed E-state index contributed by atoms with van der Waals surface area (Å²) in [4.78, 5) is 45.4. The van der Waals surface area contributed by atoms with Crippen molar-refractivity contribution in [2.45, 2.75) is 19.9 Å². The summed E-state index contributed by atoms with van der Waals surface area (Å²) in [7, 11) is 0. The number of carboxylic acids is 1. The van der Waals surface area contributed by atoms with Crippen molar-refractivity contribution in [2.75, 3.05) is 13.1 Å². The van der Waals surface area contributed by atoms with Crippen LogP contribution in [0.25, 0.3) is 0 Å². The standard InChI is InChI=1S/C16H21N3O5/c1-10(16(23)24)15(12-6-4-3-5-7-12)19-14(22)9-18-13(21)8-17-11(2)20/h3-7,10,15H,8-9H2,1-2H3,(H,17,20)(H,18,21)(H,19,22)(H,23,24). The average Bonchev–Trinajstić information content (AvgIpc) is 2.56. The van der Waals surface area contributed by atoms with E-state index in [9.17, 15) is 24.3 Å². The first kappa shape index (κ1) is 19.1. The highest BCUT2D eigenvalue weighted by Gasteiger charge is 2.26. The average molecular weight is 335 g/mol. The minimum absolute atomic E-state index is 0.226. The lowest BCUT2D eigenvalue weighted by Gasteiger charge is -2.23. The summed E-state index contributed by atoms with van der Waals surface area (Å²) in [6.45, 7) is 2.23. The highest BCUT2D eigenvalue weighted by Crippen LogP contribution is 2.21. The van der Waals surface area contributed by atoms with Gasteiger partial charge < -0.3 is 21.1 Å². The topological polar surface area (TPSA) is 125 Å². The van der Waals surface area contributed by atoms with Gasteiger partial charge in [0.1, 0.15) is 0 Å². The van der Waals surface area contributed by atoms with Crippen LogP contribution in [-0.2, 0) is 19.2 Å². The van der Waals surface area contributed by atoms with Crippen molar-refractivity contribution in [3.63, 3.8) is 0 Å². The molecule has 24 heavy (non-hydrogen) atoms. The molecule has 8 nitrogen and oxygen atoms in total. The predicted molar refractivity (Wildman–Crippen MR) is 85.8 cm³/mol. The van der Waals surface area contributed by atoms with Crippen LogP contribution in [0.4, 0.5) is 0 Å². The Morgan fingerprint density at radius 1 is 1.00 bits per heavy atom. The molecule has 0 aliphatic rings. The number of hydrogen-bond donors (Lipinski definition) is 4. The molecule has 2 atom stereocenters. The fourth-order valence-corrected chi connectivity index (χ4v) is 1.97. The Bertz CT molecular complexity index is 603. The summed E-state index contributed by atoms with van der Waals surface area (Å²) < 4.78 is 0. The quantitative estimate of drug-likeness (QED) is 0.524. The molecule has 0 spiro atoms. The molecule has 0 saturated carbocycles. The van der Waals surface area contributed by atoms with Crippen LogP contribution in [0.3, 0.4) is 0 Å². The van der Waals surface area contributed by atoms with Gasteiger partial charge in [0.05, 0.1) is 25.0 Å². The number of carbonyl (C=O) groups excluding carboxylic acids is 3. The number of amides is 3. The lowest BCUT2D eigenvalue weighted by molar-refractivity contribution is -0.142. The highest BCUT2D eigenvalue weighted by molar-refractivity contribution is 5.88. The van der Waals surface area contributed by atoms with Gasteiger partial charge >= 0.3 is 5.97 Å². The molecule has 0 heterocycles. The Kier molecular flexibility index (Phi) is 7.41. The van der Waals surface area contributed by atoms with Crippen LogP contribution in [0.1, 0.15) is 25.5 Å². The van der Waals surface area contributed by atoms with Crippen LogP contribution in [0.5, 0.6) is 0 Å². The number of carboxylic acid groups (broad SMARTS) is 1. The van der Waals surface area contributed by atoms with E-state index in [4.69, 9.17) is 0 Å². The Labute approximate surface area is 139 Å². The molecule has 1 rings (SSSR count). The first-order valence-corrected chi connectivity index (χ1v) is 7.39. The molecule has 0 fully saturated rings. The van der Waals surface area contributed by atoms with Gasteiger partial charge in [0.15, 0.2) is 0 Å². The normalized spacial score (nSPS) is 12.6. The minimum Gasteiger partial charge on any atom is -0.481 e. The van der Waals surface area contributed by atoms with E-state index in [2.05, 4.69) is 16.0 Å². The molecular formula is C16H21N3O5. The van der Waals surface area contributed by atoms with E-state index in [1.54, 1.807) is 30.3 Å². The first-order chi connectivity index (χ1) is 11.3. The number of carbonyl (C=O) groups is 4. The van der Waals surface area contributed by atoms with Gasteiger partial charge in [-0.15, -0.1) is 0 Å². The van der Waals surface area contributed by atoms with Crippen molar-refractivity contribution < 1.29 is 24.3 Å². The van der Waals surface area contributed by atoms with Crippen molar-refractivity contribution >= 4 is 23.7 Å². The van der Waals surface area contributed by atoms with Crippen molar-refractivity contribution in [1.82, 2.24) is 16.0 Å². The number of aliphatic carboxylic acids is 1. The number of nitrogens with one attached hydrogen (secondary N) is 3. The first-order valence-electron chi connectivity index (χ1n) is 7.39. The van der Waals surface area contributed by atoms with Gasteiger partial charge in [0, 0.05) is 6.92 Å². The second-order valence-electron chi connectivity index (χ2n) is 5.27. The van der Waals surface area contributed by atoms with E-state index in [-0.39, 0.29) is 19.0 Å². The van der Waals surface area contributed by atoms with Crippen molar-refractivity contribution in [3.8, 4) is 0 Å². The molecule has 0 radical (unpaired) electrons. The summed E-state index contributed by atoms with van der Waals surface area (Å²) in [6, 6.07) is 8.01. The zero-order valence-electron chi connectivity index (χ0n) is 13.5. The van der Waals surface area contributed by atoms with Gasteiger partial charge in [0.25, 0.3) is 0 Å². The Hall–Kier alpha value is -2.90. The van der Waals surface area contributed by atoms with Crippen LogP contribution in [0, 0.1) is 5.92 Å². The van der Waals surface area contributed by atoms with E-state index in [0.29, 0.717) is 5.56 Å². The second kappa shape index (κ2) is 9.29. The second-order valence-corrected chi connectivity index (χ2v) is 5.27. The molecule has 0 bridgehead atoms. The van der Waals surface area contributed by atoms with E-state index in [0.717, 1.165) is 0 Å². The fraction of sp³-hybridized carbons (Fsp3) is 0.375. The van der Waals surface area contributed by atoms with E-state index >= 15 is 0 Å². The largest absolute Gasteiger partial charge is 0.481 e. The van der Waals surface area contributed by atoms with Gasteiger partial charge in [-0.2, -0.15) is 0 Å². The number of benzene rings is 1. The number of rotatable bonds is 8. The van der Waals surface area contributed by atoms with E-state index in [1.807, 2.05) is 0 Å². The van der Waals surface area contributed by atoms with Gasteiger partial charge in [-0.3, -0.25) is 19.2 Å². The third kappa shape index (κ3) is 6.47. The highest BCUT2D eigenvalue weighted by atomic mass is 16.4. The van der Waals surface area contributed by atoms with E-state index in [1.165, 1.54) is 13.8 Å².